The van der Waals surface area contributed by atoms with Crippen LogP contribution in [-0.2, 0) is 4.74 Å². The van der Waals surface area contributed by atoms with Gasteiger partial charge in [0.25, 0.3) is 0 Å². The number of fused-ring (bicyclic) bond motifs is 1. The molecule has 206 valence electrons. The first kappa shape index (κ1) is 26.7. The maximum absolute atomic E-state index is 13.3. The molecule has 2 aromatic heterocycles. The predicted octanol–water partition coefficient (Wildman–Crippen LogP) is 0.951. The Morgan fingerprint density at radius 2 is 1.95 bits per heavy atom. The molecule has 0 radical (unpaired) electrons. The minimum absolute atomic E-state index is 0.0668. The molecule has 2 saturated heterocycles. The third-order valence-electron chi connectivity index (χ3n) is 6.80. The second-order valence-corrected chi connectivity index (χ2v) is 9.37. The number of anilines is 1. The van der Waals surface area contributed by atoms with Crippen LogP contribution in [0.15, 0.2) is 24.5 Å². The largest absolute Gasteiger partial charge is 0.415 e. The Morgan fingerprint density at radius 3 is 2.64 bits per heavy atom. The molecular weight excluding hydrogens is 518 g/mol. The number of nitrogens with zero attached hydrogens (tertiary/aromatic N) is 5. The summed E-state index contributed by atoms with van der Waals surface area (Å²) in [4.78, 5) is 26.6. The van der Waals surface area contributed by atoms with Crippen LogP contribution in [-0.4, -0.2) is 83.8 Å². The number of halogens is 2. The highest BCUT2D eigenvalue weighted by Gasteiger charge is 2.44. The van der Waals surface area contributed by atoms with Crippen LogP contribution in [0.1, 0.15) is 31.3 Å². The second kappa shape index (κ2) is 11.1. The molecule has 12 nitrogen and oxygen atoms in total. The molecule has 0 aliphatic carbocycles. The van der Waals surface area contributed by atoms with Crippen LogP contribution >= 0.6 is 0 Å². The summed E-state index contributed by atoms with van der Waals surface area (Å²) in [5.41, 5.74) is 6.57. The van der Waals surface area contributed by atoms with Crippen molar-refractivity contribution in [2.24, 2.45) is 5.92 Å². The third kappa shape index (κ3) is 5.48. The standard InChI is InChI=1S/C25H26F2N6O6/c26-15-5-4-14(10-16(15)27)38-25(37)32-8-6-13(7-9-32)2-1-3-18-30-22(28)19-23(31-18)33(12-29-19)24-21(36)20(35)17(11-34)39-24/h4-5,10,12-13,17,20-21,24,34-36H,2,6-9,11H2,(H2,28,30,31)/t17-,20?,21+,24-/m1/s1. The van der Waals surface area contributed by atoms with E-state index < -0.39 is 48.9 Å². The molecule has 4 heterocycles. The van der Waals surface area contributed by atoms with Crippen molar-refractivity contribution in [1.82, 2.24) is 24.4 Å². The number of piperidine rings is 1. The van der Waals surface area contributed by atoms with Gasteiger partial charge in [0.05, 0.1) is 12.9 Å². The van der Waals surface area contributed by atoms with Crippen molar-refractivity contribution >= 4 is 23.1 Å². The molecule has 2 aliphatic rings. The van der Waals surface area contributed by atoms with Gasteiger partial charge in [0.1, 0.15) is 29.6 Å². The zero-order chi connectivity index (χ0) is 27.7. The molecule has 0 spiro atoms. The zero-order valence-corrected chi connectivity index (χ0v) is 20.6. The van der Waals surface area contributed by atoms with Crippen molar-refractivity contribution in [3.63, 3.8) is 0 Å². The topological polar surface area (TPSA) is 169 Å². The average molecular weight is 545 g/mol. The van der Waals surface area contributed by atoms with Crippen molar-refractivity contribution in [2.45, 2.75) is 43.8 Å². The number of aliphatic hydroxyl groups excluding tert-OH is 3. The smallest absolute Gasteiger partial charge is 0.410 e. The highest BCUT2D eigenvalue weighted by molar-refractivity contribution is 5.82. The van der Waals surface area contributed by atoms with Gasteiger partial charge in [0, 0.05) is 25.6 Å². The van der Waals surface area contributed by atoms with E-state index in [0.29, 0.717) is 32.4 Å². The lowest BCUT2D eigenvalue weighted by molar-refractivity contribution is -0.0511. The molecule has 4 atom stereocenters. The summed E-state index contributed by atoms with van der Waals surface area (Å²) in [6.45, 7) is 0.380. The minimum Gasteiger partial charge on any atom is -0.410 e. The van der Waals surface area contributed by atoms with E-state index in [1.54, 1.807) is 0 Å². The Bertz CT molecular complexity index is 1430. The Balaban J connectivity index is 1.20. The second-order valence-electron chi connectivity index (χ2n) is 9.37. The van der Waals surface area contributed by atoms with Crippen molar-refractivity contribution in [1.29, 1.82) is 0 Å². The van der Waals surface area contributed by atoms with Crippen LogP contribution in [0, 0.1) is 29.4 Å². The van der Waals surface area contributed by atoms with E-state index in [9.17, 15) is 28.9 Å². The number of hydrogen-bond acceptors (Lipinski definition) is 10. The fourth-order valence-corrected chi connectivity index (χ4v) is 4.59. The molecule has 1 aromatic carbocycles. The van der Waals surface area contributed by atoms with E-state index in [1.165, 1.54) is 21.9 Å². The van der Waals surface area contributed by atoms with Gasteiger partial charge >= 0.3 is 6.09 Å². The van der Waals surface area contributed by atoms with E-state index in [0.717, 1.165) is 12.1 Å². The molecule has 39 heavy (non-hydrogen) atoms. The van der Waals surface area contributed by atoms with Gasteiger partial charge in [-0.2, -0.15) is 0 Å². The molecule has 14 heteroatoms. The quantitative estimate of drug-likeness (QED) is 0.347. The molecule has 2 fully saturated rings. The number of nitrogen functional groups attached to an aromatic ring is 1. The molecule has 3 aromatic rings. The number of aliphatic hydroxyl groups is 3. The van der Waals surface area contributed by atoms with E-state index in [2.05, 4.69) is 26.8 Å². The fourth-order valence-electron chi connectivity index (χ4n) is 4.59. The average Bonchev–Trinajstić information content (AvgIpc) is 3.47. The lowest BCUT2D eigenvalue weighted by atomic mass is 9.94. The van der Waals surface area contributed by atoms with Gasteiger partial charge in [-0.3, -0.25) is 4.57 Å². The number of benzene rings is 1. The molecule has 2 aliphatic heterocycles. The maximum atomic E-state index is 13.3. The zero-order valence-electron chi connectivity index (χ0n) is 20.6. The van der Waals surface area contributed by atoms with Gasteiger partial charge in [-0.15, -0.1) is 0 Å². The van der Waals surface area contributed by atoms with Gasteiger partial charge in [-0.05, 0) is 36.8 Å². The van der Waals surface area contributed by atoms with Gasteiger partial charge in [0.15, 0.2) is 29.3 Å². The number of hydrogen-bond donors (Lipinski definition) is 4. The molecule has 5 N–H and O–H groups in total. The number of rotatable bonds is 4. The first-order chi connectivity index (χ1) is 18.7. The molecule has 0 bridgehead atoms. The lowest BCUT2D eigenvalue weighted by Gasteiger charge is -2.30. The summed E-state index contributed by atoms with van der Waals surface area (Å²) in [7, 11) is 0. The summed E-state index contributed by atoms with van der Waals surface area (Å²) in [5, 5.41) is 29.8. The number of imidazole rings is 1. The highest BCUT2D eigenvalue weighted by Crippen LogP contribution is 2.32. The summed E-state index contributed by atoms with van der Waals surface area (Å²) in [5.74, 6) is 4.19. The van der Waals surface area contributed by atoms with E-state index in [-0.39, 0.29) is 34.5 Å². The van der Waals surface area contributed by atoms with E-state index in [1.807, 2.05) is 0 Å². The molecule has 1 amide bonds. The van der Waals surface area contributed by atoms with Gasteiger partial charge < -0.3 is 35.4 Å². The summed E-state index contributed by atoms with van der Waals surface area (Å²) in [6, 6.07) is 2.91. The summed E-state index contributed by atoms with van der Waals surface area (Å²) >= 11 is 0. The Kier molecular flexibility index (Phi) is 7.58. The Labute approximate surface area is 221 Å². The van der Waals surface area contributed by atoms with Crippen molar-refractivity contribution in [3.05, 3.63) is 42.0 Å². The monoisotopic (exact) mass is 544 g/mol. The number of carbonyl (C=O) groups is 1. The number of nitrogens with two attached hydrogens (primary N) is 1. The van der Waals surface area contributed by atoms with Crippen LogP contribution in [0.4, 0.5) is 19.4 Å². The van der Waals surface area contributed by atoms with E-state index in [4.69, 9.17) is 15.2 Å². The van der Waals surface area contributed by atoms with Gasteiger partial charge in [0.2, 0.25) is 5.82 Å². The molecule has 5 rings (SSSR count). The number of carbonyl (C=O) groups excluding carboxylic acids is 1. The van der Waals surface area contributed by atoms with Crippen LogP contribution in [0.25, 0.3) is 11.2 Å². The summed E-state index contributed by atoms with van der Waals surface area (Å²) in [6.07, 6.45) is -2.01. The highest BCUT2D eigenvalue weighted by atomic mass is 19.2. The van der Waals surface area contributed by atoms with Gasteiger partial charge in [-0.25, -0.2) is 28.5 Å². The maximum Gasteiger partial charge on any atom is 0.415 e. The third-order valence-corrected chi connectivity index (χ3v) is 6.80. The number of aromatic nitrogens is 4. The van der Waals surface area contributed by atoms with E-state index >= 15 is 0 Å². The number of amides is 1. The molecular formula is C25H26F2N6O6. The Hall–Kier alpha value is -3.90. The van der Waals surface area contributed by atoms with Crippen LogP contribution in [0.2, 0.25) is 0 Å². The van der Waals surface area contributed by atoms with Crippen molar-refractivity contribution in [2.75, 3.05) is 25.4 Å². The fraction of sp³-hybridized carbons (Fsp3) is 0.440. The van der Waals surface area contributed by atoms with Crippen LogP contribution < -0.4 is 10.5 Å². The first-order valence-electron chi connectivity index (χ1n) is 12.3. The molecule has 0 saturated carbocycles. The first-order valence-corrected chi connectivity index (χ1v) is 12.3. The molecule has 1 unspecified atom stereocenters. The van der Waals surface area contributed by atoms with Gasteiger partial charge in [-0.1, -0.05) is 5.92 Å². The normalized spacial score (nSPS) is 23.6. The lowest BCUT2D eigenvalue weighted by Crippen LogP contribution is -2.40. The number of ether oxygens (including phenoxy) is 2. The van der Waals surface area contributed by atoms with Crippen molar-refractivity contribution in [3.8, 4) is 17.6 Å². The summed E-state index contributed by atoms with van der Waals surface area (Å²) < 4.78 is 38.5. The minimum atomic E-state index is -1.31. The number of likely N-dealkylation sites (tertiary alicyclic amines) is 1. The van der Waals surface area contributed by atoms with Crippen molar-refractivity contribution < 1.29 is 38.4 Å². The van der Waals surface area contributed by atoms with Crippen LogP contribution in [0.3, 0.4) is 0 Å². The SMILES string of the molecule is Nc1nc(C#CCC2CCN(C(=O)Oc3ccc(F)c(F)c3)CC2)nc2c1ncn2[C@@H]1O[C@H](CO)C(O)[C@@H]1O. The predicted molar refractivity (Wildman–Crippen MR) is 131 cm³/mol. The van der Waals surface area contributed by atoms with Crippen LogP contribution in [0.5, 0.6) is 5.75 Å². The Morgan fingerprint density at radius 1 is 1.18 bits per heavy atom.